The van der Waals surface area contributed by atoms with Gasteiger partial charge in [-0.15, -0.1) is 11.8 Å². The van der Waals surface area contributed by atoms with Crippen LogP contribution in [0.25, 0.3) is 0 Å². The molecule has 1 aromatic carbocycles. The van der Waals surface area contributed by atoms with Gasteiger partial charge in [-0.2, -0.15) is 0 Å². The monoisotopic (exact) mass is 744 g/mol. The first-order valence-electron chi connectivity index (χ1n) is 19.3. The van der Waals surface area contributed by atoms with Crippen molar-refractivity contribution in [2.45, 2.75) is 137 Å². The molecule has 3 fully saturated rings. The highest BCUT2D eigenvalue weighted by molar-refractivity contribution is 8.02. The molecule has 3 aliphatic heterocycles. The molecule has 3 aliphatic rings. The second kappa shape index (κ2) is 18.0. The molecule has 52 heavy (non-hydrogen) atoms. The molecule has 10 heteroatoms. The number of hydrogen-bond donors (Lipinski definition) is 1. The van der Waals surface area contributed by atoms with Gasteiger partial charge < -0.3 is 28.8 Å². The van der Waals surface area contributed by atoms with Crippen LogP contribution >= 0.6 is 11.8 Å². The fourth-order valence-electron chi connectivity index (χ4n) is 8.94. The van der Waals surface area contributed by atoms with Gasteiger partial charge in [0.2, 0.25) is 0 Å². The van der Waals surface area contributed by atoms with Crippen molar-refractivity contribution < 1.29 is 43.2 Å². The van der Waals surface area contributed by atoms with Gasteiger partial charge in [-0.3, -0.25) is 14.4 Å². The first-order valence-corrected chi connectivity index (χ1v) is 20.3. The van der Waals surface area contributed by atoms with Crippen LogP contribution in [-0.2, 0) is 44.5 Å². The molecule has 0 aliphatic carbocycles. The van der Waals surface area contributed by atoms with Crippen molar-refractivity contribution in [3.05, 3.63) is 46.9 Å². The summed E-state index contributed by atoms with van der Waals surface area (Å²) >= 11 is 1.70. The first-order chi connectivity index (χ1) is 24.5. The Bertz CT molecular complexity index is 1400. The fraction of sp³-hybridized carbons (Fsp3) is 0.738. The number of esters is 1. The minimum Gasteiger partial charge on any atom is -0.459 e. The highest BCUT2D eigenvalue weighted by atomic mass is 32.2. The number of carbonyl (C=O) groups excluding carboxylic acids is 3. The van der Waals surface area contributed by atoms with Crippen LogP contribution in [0.1, 0.15) is 94.1 Å². The fourth-order valence-corrected chi connectivity index (χ4v) is 9.84. The van der Waals surface area contributed by atoms with Crippen LogP contribution in [0, 0.1) is 41.4 Å². The summed E-state index contributed by atoms with van der Waals surface area (Å²) in [6.45, 7) is 19.2. The van der Waals surface area contributed by atoms with E-state index < -0.39 is 65.4 Å². The standard InChI is InChI=1S/C42H64O9S/c1-12-33-42(10)34(31(22-48-42)23-52-19-18-30-16-14-13-15-17-30)27(6)35(43)25(4)21-41(9,47-11)38(28(7)36(44)29(8)39(46)50-33)51-40-37(45)32(24(2)3)20-26(5)49-40/h13-17,23-29,32-34,37-38,40,45H,12,18-22H2,1-11H3/b31-23+/t25-,26-,27?,28+,29?,32-,33-,34-,37-,38-,40+,41-,42-/m1/s1. The van der Waals surface area contributed by atoms with E-state index in [0.29, 0.717) is 19.4 Å². The Morgan fingerprint density at radius 3 is 2.31 bits per heavy atom. The molecule has 3 saturated heterocycles. The van der Waals surface area contributed by atoms with Crippen LogP contribution in [0.2, 0.25) is 0 Å². The van der Waals surface area contributed by atoms with E-state index in [0.717, 1.165) is 17.7 Å². The largest absolute Gasteiger partial charge is 0.459 e. The van der Waals surface area contributed by atoms with E-state index in [1.807, 2.05) is 59.7 Å². The molecule has 0 aromatic heterocycles. The second-order valence-corrected chi connectivity index (χ2v) is 17.3. The van der Waals surface area contributed by atoms with E-state index in [2.05, 4.69) is 31.4 Å². The molecule has 3 heterocycles. The van der Waals surface area contributed by atoms with Crippen molar-refractivity contribution in [2.24, 2.45) is 41.4 Å². The predicted octanol–water partition coefficient (Wildman–Crippen LogP) is 7.22. The van der Waals surface area contributed by atoms with E-state index >= 15 is 0 Å². The molecule has 9 nitrogen and oxygen atoms in total. The number of fused-ring (bicyclic) bond motifs is 1. The number of methoxy groups -OCH3 is 1. The number of rotatable bonds is 9. The lowest BCUT2D eigenvalue weighted by molar-refractivity contribution is -0.299. The lowest BCUT2D eigenvalue weighted by Gasteiger charge is -2.47. The molecule has 0 amide bonds. The van der Waals surface area contributed by atoms with Crippen LogP contribution < -0.4 is 0 Å². The summed E-state index contributed by atoms with van der Waals surface area (Å²) in [5.41, 5.74) is 0.107. The summed E-state index contributed by atoms with van der Waals surface area (Å²) in [7, 11) is 1.55. The zero-order chi connectivity index (χ0) is 38.5. The number of aryl methyl sites for hydroxylation is 1. The number of ether oxygens (including phenoxy) is 5. The Balaban J connectivity index is 1.72. The number of aliphatic hydroxyl groups excluding tert-OH is 1. The number of benzene rings is 1. The molecule has 1 aromatic rings. The van der Waals surface area contributed by atoms with E-state index in [1.54, 1.807) is 32.7 Å². The topological polar surface area (TPSA) is 118 Å². The maximum atomic E-state index is 14.6. The van der Waals surface area contributed by atoms with Crippen molar-refractivity contribution in [1.82, 2.24) is 0 Å². The molecular weight excluding hydrogens is 681 g/mol. The number of carbonyl (C=O) groups is 3. The van der Waals surface area contributed by atoms with Gasteiger partial charge in [-0.05, 0) is 81.8 Å². The van der Waals surface area contributed by atoms with Gasteiger partial charge in [-0.25, -0.2) is 0 Å². The summed E-state index contributed by atoms with van der Waals surface area (Å²) in [6, 6.07) is 10.3. The SMILES string of the molecule is CC[C@H]1OC(=O)C(C)C(=O)[C@H](C)[C@@H](O[C@@H]2O[C@H](C)C[C@H](C(C)C)[C@H]2O)[C@](C)(OC)C[C@@H](C)C(=O)C(C)[C@@H]2/C(=C/SCCc3ccccc3)CO[C@]12C. The number of hydrogen-bond acceptors (Lipinski definition) is 10. The van der Waals surface area contributed by atoms with Gasteiger partial charge in [0.15, 0.2) is 12.1 Å². The van der Waals surface area contributed by atoms with Crippen molar-refractivity contribution in [3.8, 4) is 0 Å². The van der Waals surface area contributed by atoms with Crippen molar-refractivity contribution in [2.75, 3.05) is 19.5 Å². The highest BCUT2D eigenvalue weighted by Crippen LogP contribution is 2.48. The molecule has 0 bridgehead atoms. The van der Waals surface area contributed by atoms with Gasteiger partial charge >= 0.3 is 5.97 Å². The number of thioether (sulfide) groups is 1. The molecule has 0 spiro atoms. The van der Waals surface area contributed by atoms with Crippen molar-refractivity contribution >= 4 is 29.3 Å². The highest BCUT2D eigenvalue weighted by Gasteiger charge is 2.56. The van der Waals surface area contributed by atoms with Crippen molar-refractivity contribution in [1.29, 1.82) is 0 Å². The average molecular weight is 745 g/mol. The lowest BCUT2D eigenvalue weighted by atomic mass is 9.69. The van der Waals surface area contributed by atoms with Crippen LogP contribution in [0.15, 0.2) is 41.3 Å². The normalized spacial score (nSPS) is 40.4. The Morgan fingerprint density at radius 2 is 1.69 bits per heavy atom. The Morgan fingerprint density at radius 1 is 1.02 bits per heavy atom. The summed E-state index contributed by atoms with van der Waals surface area (Å²) in [5.74, 6) is -3.34. The van der Waals surface area contributed by atoms with Gasteiger partial charge in [-0.1, -0.05) is 71.9 Å². The molecule has 4 rings (SSSR count). The smallest absolute Gasteiger partial charge is 0.316 e. The van der Waals surface area contributed by atoms with Crippen LogP contribution in [0.4, 0.5) is 0 Å². The third kappa shape index (κ3) is 9.23. The zero-order valence-electron chi connectivity index (χ0n) is 33.3. The predicted molar refractivity (Wildman–Crippen MR) is 204 cm³/mol. The van der Waals surface area contributed by atoms with Gasteiger partial charge in [0.25, 0.3) is 0 Å². The number of cyclic esters (lactones) is 1. The third-order valence-electron chi connectivity index (χ3n) is 12.1. The molecule has 2 unspecified atom stereocenters. The van der Waals surface area contributed by atoms with Crippen LogP contribution in [-0.4, -0.2) is 84.0 Å². The van der Waals surface area contributed by atoms with Gasteiger partial charge in [0, 0.05) is 36.5 Å². The molecule has 0 saturated carbocycles. The summed E-state index contributed by atoms with van der Waals surface area (Å²) in [5, 5.41) is 13.6. The van der Waals surface area contributed by atoms with Crippen molar-refractivity contribution in [3.63, 3.8) is 0 Å². The van der Waals surface area contributed by atoms with Gasteiger partial charge in [0.05, 0.1) is 24.4 Å². The van der Waals surface area contributed by atoms with Crippen LogP contribution in [0.3, 0.4) is 0 Å². The van der Waals surface area contributed by atoms with E-state index in [4.69, 9.17) is 23.7 Å². The van der Waals surface area contributed by atoms with E-state index in [9.17, 15) is 19.5 Å². The molecule has 292 valence electrons. The molecule has 13 atom stereocenters. The van der Waals surface area contributed by atoms with E-state index in [-0.39, 0.29) is 41.8 Å². The van der Waals surface area contributed by atoms with E-state index in [1.165, 1.54) is 5.56 Å². The Kier molecular flexibility index (Phi) is 14.8. The Labute approximate surface area is 316 Å². The Hall–Kier alpha value is -2.08. The minimum absolute atomic E-state index is 0.0250. The minimum atomic E-state index is -1.16. The quantitative estimate of drug-likeness (QED) is 0.158. The number of aliphatic hydroxyl groups is 1. The summed E-state index contributed by atoms with van der Waals surface area (Å²) in [6.07, 6.45) is -1.52. The van der Waals surface area contributed by atoms with Gasteiger partial charge in [0.1, 0.15) is 29.5 Å². The number of Topliss-reactive ketones (excluding diaryl/α,β-unsaturated/α-hetero) is 2. The average Bonchev–Trinajstić information content (AvgIpc) is 3.46. The lowest BCUT2D eigenvalue weighted by Crippen LogP contribution is -2.57. The maximum absolute atomic E-state index is 14.6. The second-order valence-electron chi connectivity index (χ2n) is 16.3. The zero-order valence-corrected chi connectivity index (χ0v) is 34.1. The van der Waals surface area contributed by atoms with Crippen LogP contribution in [0.5, 0.6) is 0 Å². The molecule has 0 radical (unpaired) electrons. The molecular formula is C42H64O9S. The third-order valence-corrected chi connectivity index (χ3v) is 13.1. The summed E-state index contributed by atoms with van der Waals surface area (Å²) < 4.78 is 31.8. The molecule has 1 N–H and O–H groups in total. The first kappa shape index (κ1) is 42.7. The maximum Gasteiger partial charge on any atom is 0.316 e. The summed E-state index contributed by atoms with van der Waals surface area (Å²) in [4.78, 5) is 42.7. The number of ketones is 2.